The Morgan fingerprint density at radius 2 is 2.00 bits per heavy atom. The van der Waals surface area contributed by atoms with Crippen molar-refractivity contribution in [2.75, 3.05) is 11.4 Å². The first kappa shape index (κ1) is 16.7. The molecule has 2 aromatic rings. The zero-order chi connectivity index (χ0) is 18.0. The number of primary amides is 1. The molecule has 7 nitrogen and oxygen atoms in total. The van der Waals surface area contributed by atoms with Crippen molar-refractivity contribution < 1.29 is 23.9 Å². The number of fused-ring (bicyclic) bond motifs is 1. The summed E-state index contributed by atoms with van der Waals surface area (Å²) in [5.41, 5.74) is 3.80. The molecule has 0 bridgehead atoms. The number of hydrogen-bond acceptors (Lipinski definition) is 5. The van der Waals surface area contributed by atoms with Crippen LogP contribution in [-0.2, 0) is 20.0 Å². The molecule has 1 aromatic heterocycles. The lowest BCUT2D eigenvalue weighted by atomic mass is 9.90. The maximum absolute atomic E-state index is 12.7. The Kier molecular flexibility index (Phi) is 4.24. The van der Waals surface area contributed by atoms with Crippen molar-refractivity contribution >= 4 is 29.4 Å². The SMILES string of the molecule is NC(=O)CN1C(=O)C(O)(CC(=O)/C=C/c2ccco2)c2ccccc21. The molecule has 0 saturated carbocycles. The molecule has 0 saturated heterocycles. The van der Waals surface area contributed by atoms with Crippen LogP contribution >= 0.6 is 0 Å². The molecule has 3 N–H and O–H groups in total. The lowest BCUT2D eigenvalue weighted by Gasteiger charge is -2.21. The normalized spacial score (nSPS) is 19.4. The standard InChI is InChI=1S/C18H16N2O5/c19-16(22)11-20-15-6-2-1-5-14(15)18(24,17(20)23)10-12(21)7-8-13-4-3-9-25-13/h1-9,24H,10-11H2,(H2,19,22)/b8-7+. The predicted molar refractivity (Wildman–Crippen MR) is 89.3 cm³/mol. The molecule has 3 rings (SSSR count). The van der Waals surface area contributed by atoms with Crippen LogP contribution in [0, 0.1) is 0 Å². The Labute approximate surface area is 143 Å². The second-order valence-corrected chi connectivity index (χ2v) is 5.73. The average molecular weight is 340 g/mol. The molecule has 2 amide bonds. The highest BCUT2D eigenvalue weighted by Crippen LogP contribution is 2.42. The molecule has 1 unspecified atom stereocenters. The van der Waals surface area contributed by atoms with Crippen LogP contribution in [0.4, 0.5) is 5.69 Å². The molecule has 1 aromatic carbocycles. The monoisotopic (exact) mass is 340 g/mol. The second-order valence-electron chi connectivity index (χ2n) is 5.73. The molecule has 0 radical (unpaired) electrons. The summed E-state index contributed by atoms with van der Waals surface area (Å²) in [6.45, 7) is -0.366. The van der Waals surface area contributed by atoms with Crippen molar-refractivity contribution in [2.24, 2.45) is 5.73 Å². The number of carbonyl (C=O) groups is 3. The van der Waals surface area contributed by atoms with Crippen molar-refractivity contribution in [3.8, 4) is 0 Å². The highest BCUT2D eigenvalue weighted by atomic mass is 16.3. The summed E-state index contributed by atoms with van der Waals surface area (Å²) in [4.78, 5) is 37.2. The van der Waals surface area contributed by atoms with Crippen molar-refractivity contribution in [3.05, 3.63) is 60.1 Å². The Morgan fingerprint density at radius 1 is 1.24 bits per heavy atom. The topological polar surface area (TPSA) is 114 Å². The Hall–Kier alpha value is -3.19. The van der Waals surface area contributed by atoms with Crippen LogP contribution in [0.1, 0.15) is 17.7 Å². The zero-order valence-electron chi connectivity index (χ0n) is 13.2. The van der Waals surface area contributed by atoms with Crippen molar-refractivity contribution in [3.63, 3.8) is 0 Å². The van der Waals surface area contributed by atoms with Gasteiger partial charge < -0.3 is 15.3 Å². The summed E-state index contributed by atoms with van der Waals surface area (Å²) >= 11 is 0. The van der Waals surface area contributed by atoms with E-state index in [0.29, 0.717) is 11.4 Å². The van der Waals surface area contributed by atoms with Crippen LogP contribution in [0.25, 0.3) is 6.08 Å². The summed E-state index contributed by atoms with van der Waals surface area (Å²) in [5, 5.41) is 10.9. The molecule has 0 spiro atoms. The quantitative estimate of drug-likeness (QED) is 0.761. The third-order valence-electron chi connectivity index (χ3n) is 3.96. The Bertz CT molecular complexity index is 856. The van der Waals surface area contributed by atoms with Gasteiger partial charge in [0.05, 0.1) is 18.4 Å². The number of furan rings is 1. The van der Waals surface area contributed by atoms with E-state index in [1.807, 2.05) is 0 Å². The van der Waals surface area contributed by atoms with Gasteiger partial charge in [-0.05, 0) is 30.4 Å². The van der Waals surface area contributed by atoms with Crippen molar-refractivity contribution in [1.82, 2.24) is 0 Å². The number of para-hydroxylation sites is 1. The molecule has 1 aliphatic rings. The van der Waals surface area contributed by atoms with E-state index >= 15 is 0 Å². The van der Waals surface area contributed by atoms with E-state index in [1.165, 1.54) is 18.4 Å². The van der Waals surface area contributed by atoms with Crippen LogP contribution in [0.15, 0.2) is 53.2 Å². The Balaban J connectivity index is 1.88. The van der Waals surface area contributed by atoms with Crippen LogP contribution in [-0.4, -0.2) is 29.2 Å². The average Bonchev–Trinajstić information content (AvgIpc) is 3.16. The largest absolute Gasteiger partial charge is 0.465 e. The Morgan fingerprint density at radius 3 is 2.68 bits per heavy atom. The molecular weight excluding hydrogens is 324 g/mol. The maximum atomic E-state index is 12.7. The molecule has 1 atom stereocenters. The fourth-order valence-electron chi connectivity index (χ4n) is 2.86. The van der Waals surface area contributed by atoms with Crippen LogP contribution < -0.4 is 10.6 Å². The van der Waals surface area contributed by atoms with Gasteiger partial charge in [-0.3, -0.25) is 19.3 Å². The van der Waals surface area contributed by atoms with Gasteiger partial charge in [0.15, 0.2) is 11.4 Å². The van der Waals surface area contributed by atoms with Crippen LogP contribution in [0.3, 0.4) is 0 Å². The molecule has 25 heavy (non-hydrogen) atoms. The van der Waals surface area contributed by atoms with Crippen LogP contribution in [0.5, 0.6) is 0 Å². The highest BCUT2D eigenvalue weighted by Gasteiger charge is 2.50. The first-order valence-corrected chi connectivity index (χ1v) is 7.58. The lowest BCUT2D eigenvalue weighted by Crippen LogP contribution is -2.44. The van der Waals surface area contributed by atoms with Gasteiger partial charge in [-0.25, -0.2) is 0 Å². The van der Waals surface area contributed by atoms with Crippen LogP contribution in [0.2, 0.25) is 0 Å². The van der Waals surface area contributed by atoms with Gasteiger partial charge in [0.2, 0.25) is 5.91 Å². The van der Waals surface area contributed by atoms with E-state index in [4.69, 9.17) is 10.2 Å². The second kappa shape index (κ2) is 6.37. The van der Waals surface area contributed by atoms with E-state index in [-0.39, 0.29) is 12.1 Å². The number of amides is 2. The van der Waals surface area contributed by atoms with Gasteiger partial charge in [0.25, 0.3) is 5.91 Å². The molecular formula is C18H16N2O5. The van der Waals surface area contributed by atoms with E-state index in [2.05, 4.69) is 0 Å². The van der Waals surface area contributed by atoms with Gasteiger partial charge >= 0.3 is 0 Å². The summed E-state index contributed by atoms with van der Waals surface area (Å²) in [6.07, 6.45) is 3.72. The summed E-state index contributed by atoms with van der Waals surface area (Å²) in [6, 6.07) is 9.81. The minimum absolute atomic E-state index is 0.279. The third-order valence-corrected chi connectivity index (χ3v) is 3.96. The molecule has 0 fully saturated rings. The smallest absolute Gasteiger partial charge is 0.264 e. The fraction of sp³-hybridized carbons (Fsp3) is 0.167. The number of ketones is 1. The minimum atomic E-state index is -2.03. The predicted octanol–water partition coefficient (Wildman–Crippen LogP) is 0.972. The molecule has 128 valence electrons. The van der Waals surface area contributed by atoms with Gasteiger partial charge in [-0.2, -0.15) is 0 Å². The van der Waals surface area contributed by atoms with Crippen molar-refractivity contribution in [2.45, 2.75) is 12.0 Å². The molecule has 0 aliphatic carbocycles. The zero-order valence-corrected chi connectivity index (χ0v) is 13.2. The summed E-state index contributed by atoms with van der Waals surface area (Å²) in [5.74, 6) is -1.43. The summed E-state index contributed by atoms with van der Waals surface area (Å²) < 4.78 is 5.09. The lowest BCUT2D eigenvalue weighted by molar-refractivity contribution is -0.141. The van der Waals surface area contributed by atoms with Gasteiger partial charge in [0.1, 0.15) is 12.3 Å². The number of carbonyl (C=O) groups excluding carboxylic acids is 3. The minimum Gasteiger partial charge on any atom is -0.465 e. The van der Waals surface area contributed by atoms with Gasteiger partial charge in [-0.1, -0.05) is 18.2 Å². The number of nitrogens with two attached hydrogens (primary N) is 1. The van der Waals surface area contributed by atoms with Gasteiger partial charge in [-0.15, -0.1) is 0 Å². The number of anilines is 1. The number of aliphatic hydroxyl groups is 1. The third kappa shape index (κ3) is 3.09. The van der Waals surface area contributed by atoms with Gasteiger partial charge in [0, 0.05) is 5.56 Å². The fourth-order valence-corrected chi connectivity index (χ4v) is 2.86. The molecule has 7 heteroatoms. The maximum Gasteiger partial charge on any atom is 0.264 e. The number of nitrogens with zero attached hydrogens (tertiary/aromatic N) is 1. The van der Waals surface area contributed by atoms with E-state index in [9.17, 15) is 19.5 Å². The number of rotatable bonds is 6. The molecule has 1 aliphatic heterocycles. The van der Waals surface area contributed by atoms with Crippen molar-refractivity contribution in [1.29, 1.82) is 0 Å². The first-order valence-electron chi connectivity index (χ1n) is 7.58. The first-order chi connectivity index (χ1) is 11.9. The van der Waals surface area contributed by atoms with E-state index in [1.54, 1.807) is 36.4 Å². The van der Waals surface area contributed by atoms with E-state index in [0.717, 1.165) is 4.90 Å². The molecule has 2 heterocycles. The summed E-state index contributed by atoms with van der Waals surface area (Å²) in [7, 11) is 0. The number of allylic oxidation sites excluding steroid dienone is 1. The number of hydrogen-bond donors (Lipinski definition) is 2. The number of benzene rings is 1. The van der Waals surface area contributed by atoms with E-state index < -0.39 is 29.6 Å². The highest BCUT2D eigenvalue weighted by molar-refractivity contribution is 6.12.